The maximum Gasteiger partial charge on any atom is 0.254 e. The van der Waals surface area contributed by atoms with E-state index in [0.29, 0.717) is 32.6 Å². The average molecular weight is 481 g/mol. The van der Waals surface area contributed by atoms with Crippen LogP contribution in [0.15, 0.2) is 70.4 Å². The summed E-state index contributed by atoms with van der Waals surface area (Å²) in [6.07, 6.45) is 4.22. The predicted molar refractivity (Wildman–Crippen MR) is 138 cm³/mol. The van der Waals surface area contributed by atoms with Crippen LogP contribution in [0.3, 0.4) is 0 Å². The molecular weight excluding hydrogens is 452 g/mol. The van der Waals surface area contributed by atoms with Crippen molar-refractivity contribution in [2.45, 2.75) is 39.0 Å². The van der Waals surface area contributed by atoms with E-state index in [1.165, 1.54) is 32.4 Å². The summed E-state index contributed by atoms with van der Waals surface area (Å²) < 4.78 is 0. The van der Waals surface area contributed by atoms with Crippen LogP contribution in [0.1, 0.15) is 43.2 Å². The summed E-state index contributed by atoms with van der Waals surface area (Å²) in [5, 5.41) is 19.9. The number of dihydropyridines is 1. The van der Waals surface area contributed by atoms with Gasteiger partial charge < -0.3 is 16.0 Å². The molecular formula is C26H29ClN4OS. The number of benzene rings is 2. The molecule has 0 saturated carbocycles. The number of nitrogens with one attached hydrogen (secondary N) is 3. The second-order valence-electron chi connectivity index (χ2n) is 8.15. The lowest BCUT2D eigenvalue weighted by atomic mass is 9.82. The van der Waals surface area contributed by atoms with Gasteiger partial charge in [-0.3, -0.25) is 4.79 Å². The van der Waals surface area contributed by atoms with Crippen LogP contribution in [0.5, 0.6) is 0 Å². The van der Waals surface area contributed by atoms with Crippen molar-refractivity contribution < 1.29 is 4.79 Å². The van der Waals surface area contributed by atoms with Gasteiger partial charge in [0, 0.05) is 22.0 Å². The molecule has 1 amide bonds. The van der Waals surface area contributed by atoms with E-state index in [4.69, 9.17) is 11.6 Å². The molecule has 172 valence electrons. The summed E-state index contributed by atoms with van der Waals surface area (Å²) in [7, 11) is 0. The lowest BCUT2D eigenvalue weighted by Crippen LogP contribution is -2.30. The van der Waals surface area contributed by atoms with E-state index in [-0.39, 0.29) is 5.91 Å². The Kier molecular flexibility index (Phi) is 9.02. The van der Waals surface area contributed by atoms with Gasteiger partial charge in [0.05, 0.1) is 22.6 Å². The normalized spacial score (nSPS) is 18.0. The van der Waals surface area contributed by atoms with Crippen molar-refractivity contribution in [1.29, 1.82) is 5.26 Å². The van der Waals surface area contributed by atoms with Crippen molar-refractivity contribution in [1.82, 2.24) is 10.6 Å². The number of hydrogen-bond acceptors (Lipinski definition) is 5. The quantitative estimate of drug-likeness (QED) is 0.427. The van der Waals surface area contributed by atoms with Gasteiger partial charge in [-0.2, -0.15) is 5.26 Å². The maximum absolute atomic E-state index is 13.1. The third-order valence-electron chi connectivity index (χ3n) is 5.63. The number of aryl methyl sites for hydroxylation is 1. The highest BCUT2D eigenvalue weighted by Gasteiger charge is 2.33. The summed E-state index contributed by atoms with van der Waals surface area (Å²) >= 11 is 10.4. The molecule has 1 saturated heterocycles. The first kappa shape index (κ1) is 24.9. The van der Waals surface area contributed by atoms with Crippen LogP contribution in [0, 0.1) is 18.3 Å². The Bertz CT molecular complexity index is 1070. The van der Waals surface area contributed by atoms with Crippen molar-refractivity contribution in [3.63, 3.8) is 0 Å². The number of nitriles is 1. The SMILES string of the molecule is C1CCNCC1.CC1=C(C(=O)Nc2ccc(C)cc2)C(c2ccc(Cl)cc2)C(C#N)=C(S)N1. The van der Waals surface area contributed by atoms with Crippen LogP contribution in [-0.4, -0.2) is 19.0 Å². The van der Waals surface area contributed by atoms with E-state index >= 15 is 0 Å². The van der Waals surface area contributed by atoms with Gasteiger partial charge in [0.25, 0.3) is 5.91 Å². The van der Waals surface area contributed by atoms with Gasteiger partial charge in [0.2, 0.25) is 0 Å². The number of carbonyl (C=O) groups excluding carboxylic acids is 1. The fourth-order valence-electron chi connectivity index (χ4n) is 3.85. The van der Waals surface area contributed by atoms with Gasteiger partial charge in [-0.05, 0) is 69.6 Å². The molecule has 2 heterocycles. The highest BCUT2D eigenvalue weighted by molar-refractivity contribution is 7.84. The largest absolute Gasteiger partial charge is 0.353 e. The molecule has 3 N–H and O–H groups in total. The van der Waals surface area contributed by atoms with Crippen LogP contribution in [0.25, 0.3) is 0 Å². The van der Waals surface area contributed by atoms with E-state index in [1.807, 2.05) is 43.3 Å². The molecule has 2 aromatic carbocycles. The van der Waals surface area contributed by atoms with Gasteiger partial charge in [-0.1, -0.05) is 47.9 Å². The topological polar surface area (TPSA) is 77.0 Å². The van der Waals surface area contributed by atoms with E-state index in [2.05, 4.69) is 34.6 Å². The number of halogens is 1. The van der Waals surface area contributed by atoms with Crippen molar-refractivity contribution in [3.8, 4) is 6.07 Å². The molecule has 1 unspecified atom stereocenters. The van der Waals surface area contributed by atoms with Crippen molar-refractivity contribution in [2.24, 2.45) is 0 Å². The summed E-state index contributed by atoms with van der Waals surface area (Å²) in [6, 6.07) is 16.9. The van der Waals surface area contributed by atoms with Gasteiger partial charge in [0.1, 0.15) is 0 Å². The Morgan fingerprint density at radius 2 is 1.70 bits per heavy atom. The minimum absolute atomic E-state index is 0.266. The van der Waals surface area contributed by atoms with E-state index < -0.39 is 5.92 Å². The van der Waals surface area contributed by atoms with Crippen molar-refractivity contribution in [2.75, 3.05) is 18.4 Å². The third kappa shape index (κ3) is 6.64. The molecule has 1 fully saturated rings. The van der Waals surface area contributed by atoms with Crippen LogP contribution in [0.4, 0.5) is 5.69 Å². The molecule has 5 nitrogen and oxygen atoms in total. The summed E-state index contributed by atoms with van der Waals surface area (Å²) in [5.41, 5.74) is 4.13. The molecule has 33 heavy (non-hydrogen) atoms. The molecule has 2 aliphatic heterocycles. The number of thiol groups is 1. The highest BCUT2D eigenvalue weighted by atomic mass is 35.5. The highest BCUT2D eigenvalue weighted by Crippen LogP contribution is 2.39. The second kappa shape index (κ2) is 11.9. The zero-order valence-corrected chi connectivity index (χ0v) is 20.6. The van der Waals surface area contributed by atoms with Crippen molar-refractivity contribution in [3.05, 3.63) is 86.6 Å². The van der Waals surface area contributed by atoms with Crippen LogP contribution < -0.4 is 16.0 Å². The molecule has 0 aromatic heterocycles. The predicted octanol–water partition coefficient (Wildman–Crippen LogP) is 5.67. The standard InChI is InChI=1S/C21H18ClN3OS.C5H11N/c1-12-3-9-16(10-4-12)25-20(26)18-13(2)24-21(27)17(11-23)19(18)14-5-7-15(22)8-6-14;1-2-4-6-5-3-1/h3-10,19,24,27H,1-2H3,(H,25,26);6H,1-5H2. The summed E-state index contributed by atoms with van der Waals surface area (Å²) in [4.78, 5) is 13.1. The Hall–Kier alpha value is -2.72. The second-order valence-corrected chi connectivity index (χ2v) is 9.04. The van der Waals surface area contributed by atoms with Gasteiger partial charge in [-0.15, -0.1) is 12.6 Å². The molecule has 2 aromatic rings. The molecule has 1 atom stereocenters. The number of hydrogen-bond donors (Lipinski definition) is 4. The van der Waals surface area contributed by atoms with Crippen LogP contribution in [0.2, 0.25) is 5.02 Å². The minimum Gasteiger partial charge on any atom is -0.353 e. The zero-order valence-electron chi connectivity index (χ0n) is 18.9. The molecule has 0 aliphatic carbocycles. The molecule has 0 bridgehead atoms. The van der Waals surface area contributed by atoms with Gasteiger partial charge >= 0.3 is 0 Å². The number of piperidine rings is 1. The van der Waals surface area contributed by atoms with Crippen LogP contribution in [-0.2, 0) is 4.79 Å². The Balaban J connectivity index is 0.000000442. The Morgan fingerprint density at radius 3 is 2.21 bits per heavy atom. The van der Waals surface area contributed by atoms with E-state index in [1.54, 1.807) is 19.1 Å². The third-order valence-corrected chi connectivity index (χ3v) is 6.23. The number of amides is 1. The first-order chi connectivity index (χ1) is 15.9. The average Bonchev–Trinajstić information content (AvgIpc) is 2.82. The van der Waals surface area contributed by atoms with Crippen molar-refractivity contribution >= 4 is 35.8 Å². The Labute approximate surface area is 206 Å². The van der Waals surface area contributed by atoms with Crippen LogP contribution >= 0.6 is 24.2 Å². The summed E-state index contributed by atoms with van der Waals surface area (Å²) in [6.45, 7) is 6.29. The first-order valence-electron chi connectivity index (χ1n) is 11.1. The molecule has 2 aliphatic rings. The molecule has 4 rings (SSSR count). The lowest BCUT2D eigenvalue weighted by Gasteiger charge is -2.28. The molecule has 0 radical (unpaired) electrons. The summed E-state index contributed by atoms with van der Waals surface area (Å²) in [5.74, 6) is -0.788. The van der Waals surface area contributed by atoms with Gasteiger partial charge in [0.15, 0.2) is 0 Å². The molecule has 0 spiro atoms. The number of carbonyl (C=O) groups is 1. The number of nitrogens with zero attached hydrogens (tertiary/aromatic N) is 1. The maximum atomic E-state index is 13.1. The monoisotopic (exact) mass is 480 g/mol. The smallest absolute Gasteiger partial charge is 0.254 e. The molecule has 7 heteroatoms. The fraction of sp³-hybridized carbons (Fsp3) is 0.308. The minimum atomic E-state index is -0.522. The fourth-order valence-corrected chi connectivity index (χ4v) is 4.33. The number of anilines is 1. The van der Waals surface area contributed by atoms with E-state index in [0.717, 1.165) is 11.1 Å². The first-order valence-corrected chi connectivity index (χ1v) is 11.9. The zero-order chi connectivity index (χ0) is 23.8. The number of rotatable bonds is 3. The van der Waals surface area contributed by atoms with Gasteiger partial charge in [-0.25, -0.2) is 0 Å². The number of allylic oxidation sites excluding steroid dienone is 2. The van der Waals surface area contributed by atoms with E-state index in [9.17, 15) is 10.1 Å². The Morgan fingerprint density at radius 1 is 1.06 bits per heavy atom. The lowest BCUT2D eigenvalue weighted by molar-refractivity contribution is -0.113.